The highest BCUT2D eigenvalue weighted by Crippen LogP contribution is 2.33. The van der Waals surface area contributed by atoms with Gasteiger partial charge in [-0.3, -0.25) is 0 Å². The molecule has 1 saturated carbocycles. The van der Waals surface area contributed by atoms with E-state index in [1.165, 1.54) is 12.8 Å². The zero-order chi connectivity index (χ0) is 7.40. The van der Waals surface area contributed by atoms with Crippen LogP contribution in [0.3, 0.4) is 0 Å². The second kappa shape index (κ2) is 3.62. The van der Waals surface area contributed by atoms with Crippen molar-refractivity contribution in [3.63, 3.8) is 0 Å². The van der Waals surface area contributed by atoms with Crippen LogP contribution in [0.4, 0.5) is 0 Å². The Morgan fingerprint density at radius 1 is 1.70 bits per heavy atom. The standard InChI is InChI=1S/C8H15NO/c1-3-10-6-9-7(2)8-4-5-8/h8-9H,2-6H2,1H3. The van der Waals surface area contributed by atoms with Crippen LogP contribution in [0.5, 0.6) is 0 Å². The van der Waals surface area contributed by atoms with Crippen LogP contribution >= 0.6 is 0 Å². The van der Waals surface area contributed by atoms with Gasteiger partial charge in [0.15, 0.2) is 0 Å². The summed E-state index contributed by atoms with van der Waals surface area (Å²) in [6.07, 6.45) is 2.61. The van der Waals surface area contributed by atoms with Crippen molar-refractivity contribution in [3.05, 3.63) is 12.3 Å². The summed E-state index contributed by atoms with van der Waals surface area (Å²) in [7, 11) is 0. The third-order valence-corrected chi connectivity index (χ3v) is 1.68. The lowest BCUT2D eigenvalue weighted by molar-refractivity contribution is 0.135. The Balaban J connectivity index is 1.95. The van der Waals surface area contributed by atoms with E-state index < -0.39 is 0 Å². The molecule has 0 bridgehead atoms. The number of allylic oxidation sites excluding steroid dienone is 1. The van der Waals surface area contributed by atoms with Gasteiger partial charge in [0.05, 0.1) is 0 Å². The van der Waals surface area contributed by atoms with Crippen molar-refractivity contribution in [1.29, 1.82) is 0 Å². The van der Waals surface area contributed by atoms with Crippen LogP contribution in [0.2, 0.25) is 0 Å². The normalized spacial score (nSPS) is 16.9. The third-order valence-electron chi connectivity index (χ3n) is 1.68. The molecule has 0 saturated heterocycles. The Bertz CT molecular complexity index is 118. The predicted octanol–water partition coefficient (Wildman–Crippen LogP) is 1.49. The molecule has 1 aliphatic rings. The molecule has 0 aliphatic heterocycles. The molecule has 0 spiro atoms. The molecule has 0 radical (unpaired) electrons. The van der Waals surface area contributed by atoms with E-state index in [1.807, 2.05) is 6.92 Å². The summed E-state index contributed by atoms with van der Waals surface area (Å²) in [5, 5.41) is 3.13. The summed E-state index contributed by atoms with van der Waals surface area (Å²) >= 11 is 0. The minimum Gasteiger partial charge on any atom is -0.366 e. The van der Waals surface area contributed by atoms with Crippen molar-refractivity contribution < 1.29 is 4.74 Å². The molecule has 2 nitrogen and oxygen atoms in total. The molecule has 1 N–H and O–H groups in total. The summed E-state index contributed by atoms with van der Waals surface area (Å²) in [5.41, 5.74) is 1.15. The Morgan fingerprint density at radius 3 is 2.90 bits per heavy atom. The topological polar surface area (TPSA) is 21.3 Å². The van der Waals surface area contributed by atoms with Crippen LogP contribution in [0.1, 0.15) is 19.8 Å². The Kier molecular flexibility index (Phi) is 2.75. The molecular formula is C8H15NO. The van der Waals surface area contributed by atoms with Crippen molar-refractivity contribution in [1.82, 2.24) is 5.32 Å². The Labute approximate surface area is 62.3 Å². The molecular weight excluding hydrogens is 126 g/mol. The second-order valence-electron chi connectivity index (χ2n) is 2.61. The molecule has 0 heterocycles. The molecule has 1 aliphatic carbocycles. The van der Waals surface area contributed by atoms with Gasteiger partial charge in [-0.05, 0) is 25.7 Å². The highest BCUT2D eigenvalue weighted by Gasteiger charge is 2.23. The maximum absolute atomic E-state index is 5.11. The van der Waals surface area contributed by atoms with E-state index in [4.69, 9.17) is 4.74 Å². The lowest BCUT2D eigenvalue weighted by atomic mass is 10.3. The van der Waals surface area contributed by atoms with E-state index in [-0.39, 0.29) is 0 Å². The number of rotatable bonds is 5. The first-order valence-corrected chi connectivity index (χ1v) is 3.85. The average molecular weight is 141 g/mol. The first-order valence-electron chi connectivity index (χ1n) is 3.85. The van der Waals surface area contributed by atoms with E-state index in [9.17, 15) is 0 Å². The minimum absolute atomic E-state index is 0.617. The molecule has 10 heavy (non-hydrogen) atoms. The van der Waals surface area contributed by atoms with E-state index >= 15 is 0 Å². The molecule has 58 valence electrons. The predicted molar refractivity (Wildman–Crippen MR) is 41.5 cm³/mol. The lowest BCUT2D eigenvalue weighted by Crippen LogP contribution is -2.17. The third kappa shape index (κ3) is 2.40. The Morgan fingerprint density at radius 2 is 2.40 bits per heavy atom. The maximum atomic E-state index is 5.11. The number of hydrogen-bond acceptors (Lipinski definition) is 2. The molecule has 0 aromatic carbocycles. The SMILES string of the molecule is C=C(NCOCC)C1CC1. The van der Waals surface area contributed by atoms with Gasteiger partial charge in [0.1, 0.15) is 6.73 Å². The average Bonchev–Trinajstić information content (AvgIpc) is 2.69. The van der Waals surface area contributed by atoms with Gasteiger partial charge in [-0.1, -0.05) is 6.58 Å². The molecule has 2 heteroatoms. The summed E-state index contributed by atoms with van der Waals surface area (Å²) in [5.74, 6) is 0.737. The summed E-state index contributed by atoms with van der Waals surface area (Å²) in [4.78, 5) is 0. The monoisotopic (exact) mass is 141 g/mol. The maximum Gasteiger partial charge on any atom is 0.116 e. The van der Waals surface area contributed by atoms with Crippen molar-refractivity contribution in [2.75, 3.05) is 13.3 Å². The number of hydrogen-bond donors (Lipinski definition) is 1. The fraction of sp³-hybridized carbons (Fsp3) is 0.750. The molecule has 0 aromatic heterocycles. The van der Waals surface area contributed by atoms with Crippen LogP contribution < -0.4 is 5.32 Å². The van der Waals surface area contributed by atoms with Gasteiger partial charge in [0.25, 0.3) is 0 Å². The van der Waals surface area contributed by atoms with Gasteiger partial charge in [0, 0.05) is 12.3 Å². The van der Waals surface area contributed by atoms with E-state index in [0.717, 1.165) is 18.2 Å². The molecule has 0 aromatic rings. The summed E-state index contributed by atoms with van der Waals surface area (Å²) in [6.45, 7) is 7.27. The number of nitrogens with one attached hydrogen (secondary N) is 1. The van der Waals surface area contributed by atoms with Crippen LogP contribution in [0.25, 0.3) is 0 Å². The van der Waals surface area contributed by atoms with Crippen molar-refractivity contribution >= 4 is 0 Å². The van der Waals surface area contributed by atoms with Crippen LogP contribution in [-0.2, 0) is 4.74 Å². The first kappa shape index (κ1) is 7.61. The van der Waals surface area contributed by atoms with E-state index in [1.54, 1.807) is 0 Å². The van der Waals surface area contributed by atoms with Gasteiger partial charge in [0.2, 0.25) is 0 Å². The van der Waals surface area contributed by atoms with E-state index in [2.05, 4.69) is 11.9 Å². The van der Waals surface area contributed by atoms with Crippen molar-refractivity contribution in [2.24, 2.45) is 5.92 Å². The number of ether oxygens (including phenoxy) is 1. The minimum atomic E-state index is 0.617. The molecule has 0 amide bonds. The van der Waals surface area contributed by atoms with Gasteiger partial charge < -0.3 is 10.1 Å². The van der Waals surface area contributed by atoms with Crippen molar-refractivity contribution in [3.8, 4) is 0 Å². The summed E-state index contributed by atoms with van der Waals surface area (Å²) in [6, 6.07) is 0. The highest BCUT2D eigenvalue weighted by molar-refractivity contribution is 5.04. The van der Waals surface area contributed by atoms with Gasteiger partial charge >= 0.3 is 0 Å². The second-order valence-corrected chi connectivity index (χ2v) is 2.61. The first-order chi connectivity index (χ1) is 4.84. The van der Waals surface area contributed by atoms with Gasteiger partial charge in [-0.2, -0.15) is 0 Å². The quantitative estimate of drug-likeness (QED) is 0.462. The van der Waals surface area contributed by atoms with Crippen molar-refractivity contribution in [2.45, 2.75) is 19.8 Å². The van der Waals surface area contributed by atoms with Gasteiger partial charge in [-0.25, -0.2) is 0 Å². The Hall–Kier alpha value is -0.500. The zero-order valence-corrected chi connectivity index (χ0v) is 6.52. The van der Waals surface area contributed by atoms with Gasteiger partial charge in [-0.15, -0.1) is 0 Å². The van der Waals surface area contributed by atoms with Crippen LogP contribution in [-0.4, -0.2) is 13.3 Å². The molecule has 1 fully saturated rings. The fourth-order valence-corrected chi connectivity index (χ4v) is 0.822. The molecule has 0 atom stereocenters. The molecule has 0 unspecified atom stereocenters. The molecule has 1 rings (SSSR count). The van der Waals surface area contributed by atoms with E-state index in [0.29, 0.717) is 6.73 Å². The highest BCUT2D eigenvalue weighted by atomic mass is 16.5. The lowest BCUT2D eigenvalue weighted by Gasteiger charge is -2.06. The van der Waals surface area contributed by atoms with Crippen LogP contribution in [0.15, 0.2) is 12.3 Å². The fourth-order valence-electron chi connectivity index (χ4n) is 0.822. The van der Waals surface area contributed by atoms with Crippen LogP contribution in [0, 0.1) is 5.92 Å². The smallest absolute Gasteiger partial charge is 0.116 e. The summed E-state index contributed by atoms with van der Waals surface area (Å²) < 4.78 is 5.11. The largest absolute Gasteiger partial charge is 0.366 e. The zero-order valence-electron chi connectivity index (χ0n) is 6.52.